The monoisotopic (exact) mass is 489 g/mol. The number of carbonyl (C=O) groups is 1. The Bertz CT molecular complexity index is 1240. The molecule has 9 heteroatoms. The molecular weight excluding hydrogens is 469 g/mol. The summed E-state index contributed by atoms with van der Waals surface area (Å²) in [6, 6.07) is 18.2. The van der Waals surface area contributed by atoms with Gasteiger partial charge < -0.3 is 0 Å². The number of hydrogen-bond acceptors (Lipinski definition) is 4. The molecule has 0 aliphatic heterocycles. The maximum Gasteiger partial charge on any atom is 0.264 e. The van der Waals surface area contributed by atoms with Crippen LogP contribution >= 0.6 is 23.2 Å². The highest BCUT2D eigenvalue weighted by Gasteiger charge is 2.27. The fourth-order valence-corrected chi connectivity index (χ4v) is 4.80. The highest BCUT2D eigenvalue weighted by atomic mass is 35.5. The molecule has 0 aromatic heterocycles. The zero-order chi connectivity index (χ0) is 23.3. The number of nitrogens with zero attached hydrogens (tertiary/aromatic N) is 2. The second kappa shape index (κ2) is 10.2. The van der Waals surface area contributed by atoms with Crippen LogP contribution in [0.3, 0.4) is 0 Å². The van der Waals surface area contributed by atoms with Crippen LogP contribution in [0, 0.1) is 13.8 Å². The summed E-state index contributed by atoms with van der Waals surface area (Å²) in [5.74, 6) is -0.597. The van der Waals surface area contributed by atoms with Crippen molar-refractivity contribution in [2.75, 3.05) is 10.8 Å². The molecule has 0 bridgehead atoms. The number of rotatable bonds is 7. The molecule has 0 saturated carbocycles. The van der Waals surface area contributed by atoms with Gasteiger partial charge in [0.05, 0.1) is 26.8 Å². The average Bonchev–Trinajstić information content (AvgIpc) is 2.74. The number of carbonyl (C=O) groups excluding carboxylic acids is 1. The fourth-order valence-electron chi connectivity index (χ4n) is 3.07. The normalized spacial score (nSPS) is 11.5. The van der Waals surface area contributed by atoms with Gasteiger partial charge in [-0.1, -0.05) is 53.5 Å². The Labute approximate surface area is 197 Å². The first kappa shape index (κ1) is 23.8. The van der Waals surface area contributed by atoms with Gasteiger partial charge in [-0.2, -0.15) is 5.10 Å². The number of nitrogens with one attached hydrogen (secondary N) is 1. The SMILES string of the molecule is Cc1cc(C)cc(N(CC(=O)N/N=C/c2ccc(Cl)c(Cl)c2)S(=O)(=O)c2ccccc2)c1. The maximum atomic E-state index is 13.3. The van der Waals surface area contributed by atoms with Gasteiger partial charge in [0.2, 0.25) is 0 Å². The lowest BCUT2D eigenvalue weighted by Crippen LogP contribution is -2.39. The minimum atomic E-state index is -3.98. The van der Waals surface area contributed by atoms with E-state index in [0.717, 1.165) is 15.4 Å². The van der Waals surface area contributed by atoms with E-state index in [9.17, 15) is 13.2 Å². The van der Waals surface area contributed by atoms with Crippen molar-refractivity contribution in [3.8, 4) is 0 Å². The topological polar surface area (TPSA) is 78.8 Å². The zero-order valence-corrected chi connectivity index (χ0v) is 19.7. The quantitative estimate of drug-likeness (QED) is 0.376. The molecule has 3 aromatic carbocycles. The highest BCUT2D eigenvalue weighted by molar-refractivity contribution is 7.92. The number of hydrogen-bond donors (Lipinski definition) is 1. The number of benzene rings is 3. The van der Waals surface area contributed by atoms with Crippen molar-refractivity contribution in [2.45, 2.75) is 18.7 Å². The van der Waals surface area contributed by atoms with Gasteiger partial charge in [-0.25, -0.2) is 13.8 Å². The number of hydrazone groups is 1. The van der Waals surface area contributed by atoms with Crippen LogP contribution in [0.25, 0.3) is 0 Å². The molecule has 32 heavy (non-hydrogen) atoms. The molecule has 0 heterocycles. The van der Waals surface area contributed by atoms with Gasteiger partial charge in [0.1, 0.15) is 6.54 Å². The molecule has 3 rings (SSSR count). The van der Waals surface area contributed by atoms with Crippen LogP contribution in [0.2, 0.25) is 10.0 Å². The Balaban J connectivity index is 1.86. The lowest BCUT2D eigenvalue weighted by Gasteiger charge is -2.24. The first-order valence-electron chi connectivity index (χ1n) is 9.60. The van der Waals surface area contributed by atoms with E-state index in [4.69, 9.17) is 23.2 Å². The molecule has 0 spiro atoms. The van der Waals surface area contributed by atoms with Crippen molar-refractivity contribution in [3.63, 3.8) is 0 Å². The van der Waals surface area contributed by atoms with Gasteiger partial charge in [-0.15, -0.1) is 0 Å². The standard InChI is InChI=1S/C23H21Cl2N3O3S/c1-16-10-17(2)12-19(11-16)28(32(30,31)20-6-4-3-5-7-20)15-23(29)27-26-14-18-8-9-21(24)22(25)13-18/h3-14H,15H2,1-2H3,(H,27,29)/b26-14+. The van der Waals surface area contributed by atoms with Gasteiger partial charge in [0.15, 0.2) is 0 Å². The van der Waals surface area contributed by atoms with E-state index in [1.54, 1.807) is 48.5 Å². The third-order valence-corrected chi connectivity index (χ3v) is 6.99. The van der Waals surface area contributed by atoms with E-state index in [2.05, 4.69) is 10.5 Å². The largest absolute Gasteiger partial charge is 0.271 e. The summed E-state index contributed by atoms with van der Waals surface area (Å²) in [6.45, 7) is 3.29. The predicted octanol–water partition coefficient (Wildman–Crippen LogP) is 4.96. The summed E-state index contributed by atoms with van der Waals surface area (Å²) in [7, 11) is -3.98. The van der Waals surface area contributed by atoms with Crippen molar-refractivity contribution >= 4 is 51.0 Å². The Morgan fingerprint density at radius 3 is 2.25 bits per heavy atom. The average molecular weight is 490 g/mol. The minimum absolute atomic E-state index is 0.0891. The molecule has 1 N–H and O–H groups in total. The van der Waals surface area contributed by atoms with Gasteiger partial charge in [0, 0.05) is 0 Å². The van der Waals surface area contributed by atoms with Crippen molar-refractivity contribution in [1.82, 2.24) is 5.43 Å². The third-order valence-electron chi connectivity index (χ3n) is 4.46. The minimum Gasteiger partial charge on any atom is -0.271 e. The van der Waals surface area contributed by atoms with Gasteiger partial charge in [0.25, 0.3) is 15.9 Å². The molecule has 0 radical (unpaired) electrons. The lowest BCUT2D eigenvalue weighted by molar-refractivity contribution is -0.119. The molecule has 0 unspecified atom stereocenters. The summed E-state index contributed by atoms with van der Waals surface area (Å²) in [6.07, 6.45) is 1.40. The van der Waals surface area contributed by atoms with Crippen molar-refractivity contribution < 1.29 is 13.2 Å². The number of anilines is 1. The third kappa shape index (κ3) is 5.88. The zero-order valence-electron chi connectivity index (χ0n) is 17.4. The first-order chi connectivity index (χ1) is 15.2. The predicted molar refractivity (Wildman–Crippen MR) is 129 cm³/mol. The van der Waals surface area contributed by atoms with E-state index in [1.807, 2.05) is 19.9 Å². The summed E-state index contributed by atoms with van der Waals surface area (Å²) >= 11 is 11.9. The molecule has 0 saturated heterocycles. The second-order valence-corrected chi connectivity index (χ2v) is 9.81. The number of amides is 1. The summed E-state index contributed by atoms with van der Waals surface area (Å²) < 4.78 is 27.7. The van der Waals surface area contributed by atoms with E-state index in [-0.39, 0.29) is 4.90 Å². The number of halogens is 2. The number of aryl methyl sites for hydroxylation is 2. The molecule has 0 fully saturated rings. The summed E-state index contributed by atoms with van der Waals surface area (Å²) in [5, 5.41) is 4.67. The number of sulfonamides is 1. The van der Waals surface area contributed by atoms with E-state index >= 15 is 0 Å². The van der Waals surface area contributed by atoms with E-state index < -0.39 is 22.5 Å². The van der Waals surface area contributed by atoms with Gasteiger partial charge >= 0.3 is 0 Å². The Kier molecular flexibility index (Phi) is 7.56. The van der Waals surface area contributed by atoms with Crippen LogP contribution in [-0.2, 0) is 14.8 Å². The van der Waals surface area contributed by atoms with Crippen LogP contribution in [0.15, 0.2) is 76.7 Å². The Morgan fingerprint density at radius 2 is 1.62 bits per heavy atom. The van der Waals surface area contributed by atoms with E-state index in [1.165, 1.54) is 18.3 Å². The highest BCUT2D eigenvalue weighted by Crippen LogP contribution is 2.26. The molecule has 0 aliphatic rings. The summed E-state index contributed by atoms with van der Waals surface area (Å²) in [4.78, 5) is 12.7. The Hall–Kier alpha value is -2.87. The molecule has 166 valence electrons. The van der Waals surface area contributed by atoms with Crippen molar-refractivity contribution in [3.05, 3.63) is 93.5 Å². The van der Waals surface area contributed by atoms with E-state index in [0.29, 0.717) is 21.3 Å². The van der Waals surface area contributed by atoms with Crippen LogP contribution < -0.4 is 9.73 Å². The molecular formula is C23H21Cl2N3O3S. The molecule has 6 nitrogen and oxygen atoms in total. The Morgan fingerprint density at radius 1 is 0.969 bits per heavy atom. The molecule has 0 aliphatic carbocycles. The molecule has 3 aromatic rings. The molecule has 0 atom stereocenters. The lowest BCUT2D eigenvalue weighted by atomic mass is 10.1. The smallest absolute Gasteiger partial charge is 0.264 e. The van der Waals surface area contributed by atoms with Crippen molar-refractivity contribution in [2.24, 2.45) is 5.10 Å². The van der Waals surface area contributed by atoms with Crippen LogP contribution in [0.5, 0.6) is 0 Å². The first-order valence-corrected chi connectivity index (χ1v) is 11.8. The van der Waals surface area contributed by atoms with Crippen LogP contribution in [0.1, 0.15) is 16.7 Å². The second-order valence-electron chi connectivity index (χ2n) is 7.14. The van der Waals surface area contributed by atoms with Crippen molar-refractivity contribution in [1.29, 1.82) is 0 Å². The van der Waals surface area contributed by atoms with Gasteiger partial charge in [-0.05, 0) is 66.9 Å². The van der Waals surface area contributed by atoms with Crippen LogP contribution in [0.4, 0.5) is 5.69 Å². The summed E-state index contributed by atoms with van der Waals surface area (Å²) in [5.41, 5.74) is 5.15. The van der Waals surface area contributed by atoms with Gasteiger partial charge in [-0.3, -0.25) is 9.10 Å². The maximum absolute atomic E-state index is 13.3. The molecule has 1 amide bonds. The fraction of sp³-hybridized carbons (Fsp3) is 0.130. The van der Waals surface area contributed by atoms with Crippen LogP contribution in [-0.4, -0.2) is 27.1 Å².